The van der Waals surface area contributed by atoms with Crippen LogP contribution >= 0.6 is 0 Å². The third-order valence-electron chi connectivity index (χ3n) is 2.39. The highest BCUT2D eigenvalue weighted by Crippen LogP contribution is 2.18. The predicted octanol–water partition coefficient (Wildman–Crippen LogP) is 2.64. The summed E-state index contributed by atoms with van der Waals surface area (Å²) < 4.78 is 31.0. The van der Waals surface area contributed by atoms with E-state index in [9.17, 15) is 13.6 Å². The van der Waals surface area contributed by atoms with Crippen molar-refractivity contribution in [2.45, 2.75) is 6.61 Å². The molecule has 1 aromatic carbocycles. The minimum Gasteiger partial charge on any atom is -0.486 e. The van der Waals surface area contributed by atoms with Gasteiger partial charge < -0.3 is 9.84 Å². The Hall–Kier alpha value is -2.50. The predicted molar refractivity (Wildman–Crippen MR) is 61.9 cm³/mol. The van der Waals surface area contributed by atoms with Crippen LogP contribution in [-0.2, 0) is 6.61 Å². The minimum atomic E-state index is -1.15. The molecule has 0 atom stereocenters. The quantitative estimate of drug-likeness (QED) is 0.923. The van der Waals surface area contributed by atoms with Crippen LogP contribution < -0.4 is 4.74 Å². The van der Waals surface area contributed by atoms with Gasteiger partial charge in [-0.15, -0.1) is 0 Å². The molecular weight excluding hydrogens is 256 g/mol. The second-order valence-corrected chi connectivity index (χ2v) is 3.71. The van der Waals surface area contributed by atoms with Crippen LogP contribution in [0.1, 0.15) is 15.9 Å². The van der Waals surface area contributed by atoms with E-state index in [-0.39, 0.29) is 17.9 Å². The maximum absolute atomic E-state index is 13.0. The summed E-state index contributed by atoms with van der Waals surface area (Å²) in [4.78, 5) is 14.7. The van der Waals surface area contributed by atoms with Gasteiger partial charge in [-0.25, -0.2) is 13.6 Å². The number of ether oxygens (including phenoxy) is 1. The Bertz CT molecular complexity index is 617. The number of rotatable bonds is 4. The first-order valence-corrected chi connectivity index (χ1v) is 5.32. The van der Waals surface area contributed by atoms with Crippen molar-refractivity contribution in [3.63, 3.8) is 0 Å². The number of halogens is 2. The standard InChI is InChI=1S/C13H9F2NO3/c14-10-2-1-8(5-11(10)15)7-19-12-6-16-4-3-9(12)13(17)18/h1-6H,7H2,(H,17,18). The Morgan fingerprint density at radius 2 is 2.05 bits per heavy atom. The number of aromatic nitrogens is 1. The summed E-state index contributed by atoms with van der Waals surface area (Å²) in [5, 5.41) is 8.93. The van der Waals surface area contributed by atoms with E-state index in [2.05, 4.69) is 4.98 Å². The van der Waals surface area contributed by atoms with E-state index >= 15 is 0 Å². The molecule has 0 amide bonds. The molecule has 1 N–H and O–H groups in total. The van der Waals surface area contributed by atoms with Gasteiger partial charge in [0.05, 0.1) is 6.20 Å². The van der Waals surface area contributed by atoms with Crippen LogP contribution in [0, 0.1) is 11.6 Å². The number of pyridine rings is 1. The van der Waals surface area contributed by atoms with E-state index in [0.29, 0.717) is 5.56 Å². The van der Waals surface area contributed by atoms with E-state index in [1.807, 2.05) is 0 Å². The largest absolute Gasteiger partial charge is 0.486 e. The first kappa shape index (κ1) is 12.9. The zero-order chi connectivity index (χ0) is 13.8. The van der Waals surface area contributed by atoms with Crippen LogP contribution in [-0.4, -0.2) is 16.1 Å². The van der Waals surface area contributed by atoms with Crippen LogP contribution in [0.2, 0.25) is 0 Å². The van der Waals surface area contributed by atoms with Crippen molar-refractivity contribution in [1.29, 1.82) is 0 Å². The SMILES string of the molecule is O=C(O)c1ccncc1OCc1ccc(F)c(F)c1. The van der Waals surface area contributed by atoms with Gasteiger partial charge in [0.2, 0.25) is 0 Å². The molecule has 1 aromatic heterocycles. The molecule has 0 aliphatic carbocycles. The zero-order valence-electron chi connectivity index (χ0n) is 9.64. The van der Waals surface area contributed by atoms with E-state index in [1.165, 1.54) is 24.5 Å². The first-order valence-electron chi connectivity index (χ1n) is 5.32. The molecule has 0 radical (unpaired) electrons. The van der Waals surface area contributed by atoms with Crippen LogP contribution in [0.25, 0.3) is 0 Å². The van der Waals surface area contributed by atoms with E-state index in [0.717, 1.165) is 12.1 Å². The van der Waals surface area contributed by atoms with Gasteiger partial charge in [0.1, 0.15) is 12.2 Å². The highest BCUT2D eigenvalue weighted by atomic mass is 19.2. The fourth-order valence-corrected chi connectivity index (χ4v) is 1.46. The molecule has 98 valence electrons. The number of aromatic carboxylic acids is 1. The van der Waals surface area contributed by atoms with E-state index in [4.69, 9.17) is 9.84 Å². The van der Waals surface area contributed by atoms with Crippen LogP contribution in [0.4, 0.5) is 8.78 Å². The Balaban J connectivity index is 2.14. The number of benzene rings is 1. The maximum atomic E-state index is 13.0. The normalized spacial score (nSPS) is 10.2. The van der Waals surface area contributed by atoms with Crippen LogP contribution in [0.3, 0.4) is 0 Å². The fraction of sp³-hybridized carbons (Fsp3) is 0.0769. The molecule has 0 saturated carbocycles. The highest BCUT2D eigenvalue weighted by molar-refractivity contribution is 5.90. The molecule has 0 aliphatic rings. The lowest BCUT2D eigenvalue weighted by Gasteiger charge is -2.08. The van der Waals surface area contributed by atoms with E-state index < -0.39 is 17.6 Å². The second kappa shape index (κ2) is 5.43. The molecular formula is C13H9F2NO3. The summed E-state index contributed by atoms with van der Waals surface area (Å²) in [5.41, 5.74) is 0.344. The number of carbonyl (C=O) groups is 1. The number of hydrogen-bond acceptors (Lipinski definition) is 3. The Morgan fingerprint density at radius 1 is 1.26 bits per heavy atom. The molecule has 2 rings (SSSR count). The van der Waals surface area contributed by atoms with Crippen molar-refractivity contribution in [2.75, 3.05) is 0 Å². The number of hydrogen-bond donors (Lipinski definition) is 1. The Morgan fingerprint density at radius 3 is 2.74 bits per heavy atom. The van der Waals surface area contributed by atoms with Crippen molar-refractivity contribution in [1.82, 2.24) is 4.98 Å². The molecule has 6 heteroatoms. The highest BCUT2D eigenvalue weighted by Gasteiger charge is 2.11. The topological polar surface area (TPSA) is 59.4 Å². The lowest BCUT2D eigenvalue weighted by atomic mass is 10.2. The molecule has 19 heavy (non-hydrogen) atoms. The summed E-state index contributed by atoms with van der Waals surface area (Å²) in [7, 11) is 0. The number of carboxylic acid groups (broad SMARTS) is 1. The Kier molecular flexibility index (Phi) is 3.70. The van der Waals surface area contributed by atoms with Crippen LogP contribution in [0.15, 0.2) is 36.7 Å². The summed E-state index contributed by atoms with van der Waals surface area (Å²) in [6.07, 6.45) is 2.58. The monoisotopic (exact) mass is 265 g/mol. The van der Waals surface area contributed by atoms with Crippen molar-refractivity contribution < 1.29 is 23.4 Å². The molecule has 4 nitrogen and oxygen atoms in total. The first-order chi connectivity index (χ1) is 9.08. The minimum absolute atomic E-state index is 0.0439. The van der Waals surface area contributed by atoms with Gasteiger partial charge in [0, 0.05) is 6.20 Å². The van der Waals surface area contributed by atoms with Crippen molar-refractivity contribution in [3.05, 3.63) is 59.4 Å². The molecule has 1 heterocycles. The van der Waals surface area contributed by atoms with Crippen molar-refractivity contribution in [2.24, 2.45) is 0 Å². The van der Waals surface area contributed by atoms with Crippen LogP contribution in [0.5, 0.6) is 5.75 Å². The molecule has 0 unspecified atom stereocenters. The third-order valence-corrected chi connectivity index (χ3v) is 2.39. The average molecular weight is 265 g/mol. The van der Waals surface area contributed by atoms with Crippen molar-refractivity contribution in [3.8, 4) is 5.75 Å². The van der Waals surface area contributed by atoms with Gasteiger partial charge >= 0.3 is 5.97 Å². The van der Waals surface area contributed by atoms with Gasteiger partial charge in [-0.05, 0) is 23.8 Å². The van der Waals surface area contributed by atoms with Gasteiger partial charge in [0.25, 0.3) is 0 Å². The van der Waals surface area contributed by atoms with Crippen molar-refractivity contribution >= 4 is 5.97 Å². The lowest BCUT2D eigenvalue weighted by molar-refractivity contribution is 0.0691. The molecule has 0 aliphatic heterocycles. The molecule has 0 saturated heterocycles. The van der Waals surface area contributed by atoms with Gasteiger partial charge in [-0.1, -0.05) is 6.07 Å². The fourth-order valence-electron chi connectivity index (χ4n) is 1.46. The average Bonchev–Trinajstić information content (AvgIpc) is 2.40. The summed E-state index contributed by atoms with van der Waals surface area (Å²) in [6, 6.07) is 4.62. The maximum Gasteiger partial charge on any atom is 0.339 e. The lowest BCUT2D eigenvalue weighted by Crippen LogP contribution is -2.04. The molecule has 2 aromatic rings. The summed E-state index contributed by atoms with van der Waals surface area (Å²) >= 11 is 0. The Labute approximate surface area is 107 Å². The smallest absolute Gasteiger partial charge is 0.339 e. The zero-order valence-corrected chi connectivity index (χ0v) is 9.64. The molecule has 0 fully saturated rings. The van der Waals surface area contributed by atoms with Gasteiger partial charge in [0.15, 0.2) is 17.4 Å². The number of carboxylic acids is 1. The third kappa shape index (κ3) is 3.04. The summed E-state index contributed by atoms with van der Waals surface area (Å²) in [6.45, 7) is -0.0802. The number of nitrogens with zero attached hydrogens (tertiary/aromatic N) is 1. The van der Waals surface area contributed by atoms with Gasteiger partial charge in [-0.3, -0.25) is 4.98 Å². The second-order valence-electron chi connectivity index (χ2n) is 3.71. The van der Waals surface area contributed by atoms with E-state index in [1.54, 1.807) is 0 Å². The summed E-state index contributed by atoms with van der Waals surface area (Å²) in [5.74, 6) is -3.01. The molecule has 0 bridgehead atoms. The molecule has 0 spiro atoms. The van der Waals surface area contributed by atoms with Gasteiger partial charge in [-0.2, -0.15) is 0 Å².